The van der Waals surface area contributed by atoms with Crippen molar-refractivity contribution in [3.8, 4) is 0 Å². The van der Waals surface area contributed by atoms with Crippen molar-refractivity contribution < 1.29 is 14.3 Å². The summed E-state index contributed by atoms with van der Waals surface area (Å²) in [4.78, 5) is 15.8. The van der Waals surface area contributed by atoms with Crippen LogP contribution in [0.4, 0.5) is 9.18 Å². The van der Waals surface area contributed by atoms with E-state index < -0.39 is 6.09 Å². The third-order valence-corrected chi connectivity index (χ3v) is 2.69. The molecule has 0 unspecified atom stereocenters. The normalized spacial score (nSPS) is 20.6. The van der Waals surface area contributed by atoms with Crippen molar-refractivity contribution >= 4 is 6.09 Å². The number of rotatable bonds is 1. The lowest BCUT2D eigenvalue weighted by molar-refractivity contribution is 0.155. The summed E-state index contributed by atoms with van der Waals surface area (Å²) in [5, 5.41) is 8.76. The molecular weight excluding hydrogens is 199 g/mol. The van der Waals surface area contributed by atoms with E-state index in [9.17, 15) is 9.18 Å². The van der Waals surface area contributed by atoms with Gasteiger partial charge in [-0.3, -0.25) is 4.98 Å². The van der Waals surface area contributed by atoms with Crippen molar-refractivity contribution in [1.82, 2.24) is 9.88 Å². The van der Waals surface area contributed by atoms with E-state index in [-0.39, 0.29) is 11.7 Å². The lowest BCUT2D eigenvalue weighted by Crippen LogP contribution is -2.26. The number of pyridine rings is 1. The fourth-order valence-electron chi connectivity index (χ4n) is 1.88. The molecule has 1 aromatic rings. The number of amides is 1. The van der Waals surface area contributed by atoms with E-state index in [0.29, 0.717) is 25.1 Å². The van der Waals surface area contributed by atoms with Crippen LogP contribution in [0.3, 0.4) is 0 Å². The summed E-state index contributed by atoms with van der Waals surface area (Å²) in [5.74, 6) is -0.364. The van der Waals surface area contributed by atoms with Gasteiger partial charge in [0.15, 0.2) is 0 Å². The van der Waals surface area contributed by atoms with Gasteiger partial charge in [0.25, 0.3) is 0 Å². The second-order valence-corrected chi connectivity index (χ2v) is 3.61. The first kappa shape index (κ1) is 9.89. The topological polar surface area (TPSA) is 53.4 Å². The first-order chi connectivity index (χ1) is 7.18. The molecule has 0 aliphatic carbocycles. The molecule has 2 heterocycles. The Morgan fingerprint density at radius 3 is 3.07 bits per heavy atom. The van der Waals surface area contributed by atoms with E-state index in [1.165, 1.54) is 23.4 Å². The van der Waals surface area contributed by atoms with Crippen LogP contribution in [0.25, 0.3) is 0 Å². The van der Waals surface area contributed by atoms with Gasteiger partial charge in [-0.25, -0.2) is 9.18 Å². The highest BCUT2D eigenvalue weighted by molar-refractivity contribution is 5.65. The molecule has 0 radical (unpaired) electrons. The van der Waals surface area contributed by atoms with Crippen LogP contribution >= 0.6 is 0 Å². The van der Waals surface area contributed by atoms with E-state index in [1.807, 2.05) is 0 Å². The van der Waals surface area contributed by atoms with Gasteiger partial charge in [-0.15, -0.1) is 0 Å². The molecule has 1 fully saturated rings. The molecule has 1 amide bonds. The van der Waals surface area contributed by atoms with Crippen LogP contribution in [0, 0.1) is 5.82 Å². The van der Waals surface area contributed by atoms with Crippen molar-refractivity contribution in [2.24, 2.45) is 0 Å². The largest absolute Gasteiger partial charge is 0.465 e. The Hall–Kier alpha value is -1.65. The molecule has 5 heteroatoms. The number of nitrogens with zero attached hydrogens (tertiary/aromatic N) is 2. The summed E-state index contributed by atoms with van der Waals surface area (Å²) in [6, 6.07) is 1.30. The van der Waals surface area contributed by atoms with Gasteiger partial charge in [-0.2, -0.15) is 0 Å². The molecule has 15 heavy (non-hydrogen) atoms. The van der Waals surface area contributed by atoms with Crippen LogP contribution in [0.1, 0.15) is 17.9 Å². The van der Waals surface area contributed by atoms with E-state index in [2.05, 4.69) is 4.98 Å². The van der Waals surface area contributed by atoms with E-state index in [1.54, 1.807) is 0 Å². The Morgan fingerprint density at radius 1 is 1.67 bits per heavy atom. The lowest BCUT2D eigenvalue weighted by Gasteiger charge is -2.12. The van der Waals surface area contributed by atoms with Crippen LogP contribution < -0.4 is 0 Å². The van der Waals surface area contributed by atoms with Crippen LogP contribution in [0.15, 0.2) is 18.5 Å². The Balaban J connectivity index is 2.14. The third kappa shape index (κ3) is 1.91. The van der Waals surface area contributed by atoms with Gasteiger partial charge in [-0.05, 0) is 12.5 Å². The number of halogens is 1. The van der Waals surface area contributed by atoms with Gasteiger partial charge < -0.3 is 10.0 Å². The van der Waals surface area contributed by atoms with Crippen LogP contribution in [-0.2, 0) is 0 Å². The maximum atomic E-state index is 13.4. The van der Waals surface area contributed by atoms with Crippen molar-refractivity contribution in [2.75, 3.05) is 13.1 Å². The molecule has 2 rings (SSSR count). The molecule has 1 N–H and O–H groups in total. The van der Waals surface area contributed by atoms with Crippen LogP contribution in [0.5, 0.6) is 0 Å². The maximum absolute atomic E-state index is 13.4. The molecule has 1 aliphatic rings. The van der Waals surface area contributed by atoms with E-state index in [4.69, 9.17) is 5.11 Å². The zero-order chi connectivity index (χ0) is 10.8. The van der Waals surface area contributed by atoms with E-state index in [0.717, 1.165) is 0 Å². The number of aromatic nitrogens is 1. The SMILES string of the molecule is O=C(O)N1CC[C@H](c2cnccc2F)C1. The predicted octanol–water partition coefficient (Wildman–Crippen LogP) is 1.69. The lowest BCUT2D eigenvalue weighted by atomic mass is 10.00. The monoisotopic (exact) mass is 210 g/mol. The van der Waals surface area contributed by atoms with Gasteiger partial charge in [0.05, 0.1) is 0 Å². The minimum atomic E-state index is -0.943. The molecule has 80 valence electrons. The summed E-state index contributed by atoms with van der Waals surface area (Å²) in [6.45, 7) is 0.826. The highest BCUT2D eigenvalue weighted by atomic mass is 19.1. The Kier molecular flexibility index (Phi) is 2.53. The Bertz CT molecular complexity index is 383. The van der Waals surface area contributed by atoms with Crippen molar-refractivity contribution in [1.29, 1.82) is 0 Å². The molecule has 1 aromatic heterocycles. The Labute approximate surface area is 86.4 Å². The maximum Gasteiger partial charge on any atom is 0.407 e. The predicted molar refractivity (Wildman–Crippen MR) is 51.2 cm³/mol. The standard InChI is InChI=1S/C10H11FN2O2/c11-9-1-3-12-5-8(9)7-2-4-13(6-7)10(14)15/h1,3,5,7H,2,4,6H2,(H,14,15)/t7-/m0/s1. The molecule has 1 saturated heterocycles. The summed E-state index contributed by atoms with van der Waals surface area (Å²) < 4.78 is 13.4. The second-order valence-electron chi connectivity index (χ2n) is 3.61. The first-order valence-electron chi connectivity index (χ1n) is 4.76. The molecule has 1 aliphatic heterocycles. The van der Waals surface area contributed by atoms with Gasteiger partial charge in [0.1, 0.15) is 5.82 Å². The van der Waals surface area contributed by atoms with E-state index >= 15 is 0 Å². The molecular formula is C10H11FN2O2. The highest BCUT2D eigenvalue weighted by Gasteiger charge is 2.28. The van der Waals surface area contributed by atoms with Gasteiger partial charge in [0, 0.05) is 37.0 Å². The minimum Gasteiger partial charge on any atom is -0.465 e. The Morgan fingerprint density at radius 2 is 2.47 bits per heavy atom. The van der Waals surface area contributed by atoms with Crippen molar-refractivity contribution in [3.05, 3.63) is 29.8 Å². The molecule has 0 bridgehead atoms. The fraction of sp³-hybridized carbons (Fsp3) is 0.400. The highest BCUT2D eigenvalue weighted by Crippen LogP contribution is 2.28. The third-order valence-electron chi connectivity index (χ3n) is 2.69. The summed E-state index contributed by atoms with van der Waals surface area (Å²) in [5.41, 5.74) is 0.515. The first-order valence-corrected chi connectivity index (χ1v) is 4.76. The second kappa shape index (κ2) is 3.84. The number of hydrogen-bond acceptors (Lipinski definition) is 2. The van der Waals surface area contributed by atoms with Gasteiger partial charge in [-0.1, -0.05) is 0 Å². The minimum absolute atomic E-state index is 0.0604. The zero-order valence-electron chi connectivity index (χ0n) is 8.06. The molecule has 4 nitrogen and oxygen atoms in total. The van der Waals surface area contributed by atoms with Crippen LogP contribution in [-0.4, -0.2) is 34.2 Å². The van der Waals surface area contributed by atoms with Gasteiger partial charge in [0.2, 0.25) is 0 Å². The molecule has 1 atom stereocenters. The fourth-order valence-corrected chi connectivity index (χ4v) is 1.88. The quantitative estimate of drug-likeness (QED) is 0.767. The van der Waals surface area contributed by atoms with Crippen molar-refractivity contribution in [2.45, 2.75) is 12.3 Å². The molecule has 0 saturated carbocycles. The number of carbonyl (C=O) groups is 1. The zero-order valence-corrected chi connectivity index (χ0v) is 8.06. The number of carboxylic acid groups (broad SMARTS) is 1. The average molecular weight is 210 g/mol. The number of likely N-dealkylation sites (tertiary alicyclic amines) is 1. The summed E-state index contributed by atoms with van der Waals surface area (Å²) in [6.07, 6.45) is 2.59. The van der Waals surface area contributed by atoms with Crippen molar-refractivity contribution in [3.63, 3.8) is 0 Å². The molecule has 0 aromatic carbocycles. The summed E-state index contributed by atoms with van der Waals surface area (Å²) >= 11 is 0. The average Bonchev–Trinajstić information content (AvgIpc) is 2.67. The van der Waals surface area contributed by atoms with Crippen LogP contribution in [0.2, 0.25) is 0 Å². The summed E-state index contributed by atoms with van der Waals surface area (Å²) in [7, 11) is 0. The number of hydrogen-bond donors (Lipinski definition) is 1. The smallest absolute Gasteiger partial charge is 0.407 e. The van der Waals surface area contributed by atoms with Gasteiger partial charge >= 0.3 is 6.09 Å². The molecule has 0 spiro atoms.